The number of rotatable bonds is 7. The molecule has 174 valence electrons. The van der Waals surface area contributed by atoms with E-state index in [1.54, 1.807) is 24.3 Å². The summed E-state index contributed by atoms with van der Waals surface area (Å²) in [7, 11) is 0. The molecule has 0 aliphatic carbocycles. The van der Waals surface area contributed by atoms with Crippen molar-refractivity contribution in [2.24, 2.45) is 0 Å². The van der Waals surface area contributed by atoms with Crippen molar-refractivity contribution in [3.63, 3.8) is 0 Å². The maximum Gasteiger partial charge on any atom is 0.411 e. The van der Waals surface area contributed by atoms with E-state index in [2.05, 4.69) is 15.2 Å². The summed E-state index contributed by atoms with van der Waals surface area (Å²) in [5.41, 5.74) is 0.490. The molecular weight excluding hydrogens is 453 g/mol. The molecule has 2 aromatic carbocycles. The van der Waals surface area contributed by atoms with Crippen molar-refractivity contribution < 1.29 is 23.1 Å². The third-order valence-corrected chi connectivity index (χ3v) is 4.96. The molecule has 0 spiro atoms. The molecule has 12 heteroatoms. The number of nitrogens with zero attached hydrogens (tertiary/aromatic N) is 6. The average molecular weight is 470 g/mol. The van der Waals surface area contributed by atoms with Gasteiger partial charge in [-0.3, -0.25) is 14.4 Å². The van der Waals surface area contributed by atoms with Crippen molar-refractivity contribution in [1.29, 1.82) is 0 Å². The predicted octanol–water partition coefficient (Wildman–Crippen LogP) is 3.02. The van der Waals surface area contributed by atoms with Gasteiger partial charge in [-0.15, -0.1) is 0 Å². The first-order valence-corrected chi connectivity index (χ1v) is 9.97. The van der Waals surface area contributed by atoms with Crippen LogP contribution < -0.4 is 10.3 Å². The number of anilines is 1. The summed E-state index contributed by atoms with van der Waals surface area (Å²) in [6.07, 6.45) is 2.89. The molecule has 4 aromatic rings. The molecule has 0 radical (unpaired) electrons. The monoisotopic (exact) mass is 470 g/mol. The van der Waals surface area contributed by atoms with E-state index >= 15 is 0 Å². The Morgan fingerprint density at radius 1 is 1.09 bits per heavy atom. The van der Waals surface area contributed by atoms with Gasteiger partial charge in [0, 0.05) is 43.0 Å². The Morgan fingerprint density at radius 2 is 1.85 bits per heavy atom. The minimum Gasteiger partial charge on any atom is -0.465 e. The van der Waals surface area contributed by atoms with Gasteiger partial charge in [0.1, 0.15) is 18.3 Å². The van der Waals surface area contributed by atoms with Crippen LogP contribution in [0.25, 0.3) is 5.69 Å². The zero-order chi connectivity index (χ0) is 24.2. The summed E-state index contributed by atoms with van der Waals surface area (Å²) in [5.74, 6) is -4.37. The SMILES string of the molecule is O=C(O)N(CCn1cncn1)c1cccc(Cc2nn(-c3cc(F)c(F)c(F)c3)ccc2=O)c1. The van der Waals surface area contributed by atoms with Crippen molar-refractivity contribution in [2.75, 3.05) is 11.4 Å². The van der Waals surface area contributed by atoms with Crippen LogP contribution >= 0.6 is 0 Å². The first-order chi connectivity index (χ1) is 16.3. The first-order valence-electron chi connectivity index (χ1n) is 9.97. The number of aromatic nitrogens is 5. The number of hydrogen-bond acceptors (Lipinski definition) is 5. The van der Waals surface area contributed by atoms with Crippen LogP contribution in [0.5, 0.6) is 0 Å². The molecule has 0 saturated carbocycles. The third-order valence-electron chi connectivity index (χ3n) is 4.96. The summed E-state index contributed by atoms with van der Waals surface area (Å²) in [5, 5.41) is 17.7. The lowest BCUT2D eigenvalue weighted by Gasteiger charge is -2.20. The predicted molar refractivity (Wildman–Crippen MR) is 114 cm³/mol. The summed E-state index contributed by atoms with van der Waals surface area (Å²) in [4.78, 5) is 29.1. The lowest BCUT2D eigenvalue weighted by atomic mass is 10.1. The van der Waals surface area contributed by atoms with E-state index in [-0.39, 0.29) is 30.9 Å². The van der Waals surface area contributed by atoms with Gasteiger partial charge in [0.2, 0.25) is 5.43 Å². The molecule has 0 bridgehead atoms. The first kappa shape index (κ1) is 22.7. The Labute approximate surface area is 190 Å². The highest BCUT2D eigenvalue weighted by Crippen LogP contribution is 2.19. The summed E-state index contributed by atoms with van der Waals surface area (Å²) in [6.45, 7) is 0.395. The fourth-order valence-corrected chi connectivity index (χ4v) is 3.30. The fraction of sp³-hybridized carbons (Fsp3) is 0.136. The van der Waals surface area contributed by atoms with E-state index in [0.29, 0.717) is 11.3 Å². The highest BCUT2D eigenvalue weighted by atomic mass is 19.2. The quantitative estimate of drug-likeness (QED) is 0.416. The van der Waals surface area contributed by atoms with Crippen molar-refractivity contribution in [3.05, 3.63) is 100 Å². The van der Waals surface area contributed by atoms with Crippen LogP contribution in [0.3, 0.4) is 0 Å². The number of carbonyl (C=O) groups is 1. The van der Waals surface area contributed by atoms with E-state index in [0.717, 1.165) is 21.7 Å². The van der Waals surface area contributed by atoms with Gasteiger partial charge in [0.05, 0.1) is 12.2 Å². The van der Waals surface area contributed by atoms with Gasteiger partial charge in [-0.2, -0.15) is 10.2 Å². The molecule has 9 nitrogen and oxygen atoms in total. The number of benzene rings is 2. The molecule has 0 aliphatic rings. The topological polar surface area (TPSA) is 106 Å². The summed E-state index contributed by atoms with van der Waals surface area (Å²) < 4.78 is 43.1. The molecule has 0 aliphatic heterocycles. The Balaban J connectivity index is 1.59. The van der Waals surface area contributed by atoms with Gasteiger partial charge in [-0.25, -0.2) is 27.6 Å². The minimum atomic E-state index is -1.60. The average Bonchev–Trinajstić information content (AvgIpc) is 3.32. The van der Waals surface area contributed by atoms with Gasteiger partial charge < -0.3 is 5.11 Å². The van der Waals surface area contributed by atoms with Crippen LogP contribution in [-0.4, -0.2) is 42.3 Å². The second-order valence-electron chi connectivity index (χ2n) is 7.23. The van der Waals surface area contributed by atoms with Crippen LogP contribution in [0.1, 0.15) is 11.3 Å². The lowest BCUT2D eigenvalue weighted by Crippen LogP contribution is -2.32. The third kappa shape index (κ3) is 4.95. The molecule has 2 aromatic heterocycles. The highest BCUT2D eigenvalue weighted by molar-refractivity contribution is 5.86. The van der Waals surface area contributed by atoms with Gasteiger partial charge in [-0.05, 0) is 17.7 Å². The molecular formula is C22H17F3N6O3. The Bertz CT molecular complexity index is 1370. The van der Waals surface area contributed by atoms with E-state index < -0.39 is 29.0 Å². The van der Waals surface area contributed by atoms with Gasteiger partial charge >= 0.3 is 6.09 Å². The van der Waals surface area contributed by atoms with Crippen LogP contribution in [0, 0.1) is 17.5 Å². The molecule has 4 rings (SSSR count). The largest absolute Gasteiger partial charge is 0.465 e. The Kier molecular flexibility index (Phi) is 6.39. The Hall–Kier alpha value is -4.48. The highest BCUT2D eigenvalue weighted by Gasteiger charge is 2.16. The molecule has 1 amide bonds. The van der Waals surface area contributed by atoms with Crippen LogP contribution in [-0.2, 0) is 13.0 Å². The van der Waals surface area contributed by atoms with Crippen LogP contribution in [0.4, 0.5) is 23.7 Å². The summed E-state index contributed by atoms with van der Waals surface area (Å²) >= 11 is 0. The normalized spacial score (nSPS) is 10.9. The second-order valence-corrected chi connectivity index (χ2v) is 7.23. The molecule has 2 heterocycles. The fourth-order valence-electron chi connectivity index (χ4n) is 3.30. The smallest absolute Gasteiger partial charge is 0.411 e. The van der Waals surface area contributed by atoms with Gasteiger partial charge in [0.25, 0.3) is 0 Å². The molecule has 0 saturated heterocycles. The maximum absolute atomic E-state index is 13.6. The number of carboxylic acid groups (broad SMARTS) is 1. The second kappa shape index (κ2) is 9.57. The number of halogens is 3. The van der Waals surface area contributed by atoms with E-state index in [9.17, 15) is 27.9 Å². The van der Waals surface area contributed by atoms with E-state index in [1.165, 1.54) is 29.6 Å². The standard InChI is InChI=1S/C22H17F3N6O3/c23-17-10-16(11-18(24)21(17)25)31-5-4-20(32)19(28-31)9-14-2-1-3-15(8-14)30(22(33)34)7-6-29-13-26-12-27-29/h1-5,8,10-13H,6-7,9H2,(H,33,34). The molecule has 34 heavy (non-hydrogen) atoms. The van der Waals surface area contributed by atoms with Crippen molar-refractivity contribution in [1.82, 2.24) is 24.5 Å². The minimum absolute atomic E-state index is 0.0240. The number of hydrogen-bond donors (Lipinski definition) is 1. The molecule has 0 atom stereocenters. The number of amides is 1. The van der Waals surface area contributed by atoms with Crippen LogP contribution in [0.15, 0.2) is 66.1 Å². The van der Waals surface area contributed by atoms with Crippen LogP contribution in [0.2, 0.25) is 0 Å². The summed E-state index contributed by atoms with van der Waals surface area (Å²) in [6, 6.07) is 9.25. The van der Waals surface area contributed by atoms with E-state index in [1.807, 2.05) is 0 Å². The van der Waals surface area contributed by atoms with Crippen molar-refractivity contribution in [2.45, 2.75) is 13.0 Å². The Morgan fingerprint density at radius 3 is 2.53 bits per heavy atom. The van der Waals surface area contributed by atoms with Crippen molar-refractivity contribution >= 4 is 11.8 Å². The lowest BCUT2D eigenvalue weighted by molar-refractivity contribution is 0.201. The van der Waals surface area contributed by atoms with Crippen molar-refractivity contribution in [3.8, 4) is 5.69 Å². The molecule has 0 unspecified atom stereocenters. The zero-order valence-electron chi connectivity index (χ0n) is 17.5. The molecule has 1 N–H and O–H groups in total. The van der Waals surface area contributed by atoms with E-state index in [4.69, 9.17) is 0 Å². The maximum atomic E-state index is 13.6. The zero-order valence-corrected chi connectivity index (χ0v) is 17.5. The van der Waals surface area contributed by atoms with Gasteiger partial charge in [0.15, 0.2) is 17.5 Å². The molecule has 0 fully saturated rings. The van der Waals surface area contributed by atoms with Gasteiger partial charge in [-0.1, -0.05) is 12.1 Å².